The first kappa shape index (κ1) is 22.6. The summed E-state index contributed by atoms with van der Waals surface area (Å²) >= 11 is 1.61. The lowest BCUT2D eigenvalue weighted by Crippen LogP contribution is -2.41. The Morgan fingerprint density at radius 2 is 1.85 bits per heavy atom. The van der Waals surface area contributed by atoms with Crippen molar-refractivity contribution in [1.82, 2.24) is 24.1 Å². The number of Topliss-reactive ketones (excluding diaryl/α,β-unsaturated/α-hetero) is 1. The molecule has 1 aromatic carbocycles. The molecule has 0 atom stereocenters. The lowest BCUT2D eigenvalue weighted by molar-refractivity contribution is 0.0204. The summed E-state index contributed by atoms with van der Waals surface area (Å²) in [6, 6.07) is 4.00. The van der Waals surface area contributed by atoms with Crippen LogP contribution in [-0.2, 0) is 11.8 Å². The number of carbonyl (C=O) groups excluding carboxylic acids is 2. The number of piperidine rings is 1. The van der Waals surface area contributed by atoms with Gasteiger partial charge in [-0.2, -0.15) is 5.10 Å². The van der Waals surface area contributed by atoms with E-state index in [9.17, 15) is 9.59 Å². The number of aryl methyl sites for hydroxylation is 1. The largest absolute Gasteiger partial charge is 0.444 e. The van der Waals surface area contributed by atoms with Crippen molar-refractivity contribution in [2.75, 3.05) is 13.1 Å². The molecule has 0 unspecified atom stereocenters. The topological polar surface area (TPSA) is 81.7 Å². The first-order valence-electron chi connectivity index (χ1n) is 11.5. The van der Waals surface area contributed by atoms with Crippen LogP contribution in [0.3, 0.4) is 0 Å². The van der Waals surface area contributed by atoms with Gasteiger partial charge in [-0.25, -0.2) is 9.78 Å². The normalized spacial score (nSPS) is 15.4. The molecule has 34 heavy (non-hydrogen) atoms. The van der Waals surface area contributed by atoms with E-state index < -0.39 is 5.60 Å². The van der Waals surface area contributed by atoms with Crippen LogP contribution in [0.4, 0.5) is 4.79 Å². The number of likely N-dealkylation sites (tertiary alicyclic amines) is 1. The van der Waals surface area contributed by atoms with Gasteiger partial charge in [0.1, 0.15) is 11.1 Å². The lowest BCUT2D eigenvalue weighted by Gasteiger charge is -2.32. The summed E-state index contributed by atoms with van der Waals surface area (Å²) in [6.07, 6.45) is 7.61. The second kappa shape index (κ2) is 8.23. The Hall–Kier alpha value is -3.20. The zero-order valence-corrected chi connectivity index (χ0v) is 21.0. The number of rotatable bonds is 3. The number of nitrogens with zero attached hydrogens (tertiary/aromatic N) is 5. The number of thiazole rings is 1. The molecular weight excluding hydrogens is 450 g/mol. The molecule has 4 heterocycles. The van der Waals surface area contributed by atoms with Gasteiger partial charge in [-0.3, -0.25) is 13.9 Å². The van der Waals surface area contributed by atoms with Crippen LogP contribution in [-0.4, -0.2) is 54.6 Å². The maximum absolute atomic E-state index is 12.3. The molecule has 0 saturated carbocycles. The molecule has 4 aromatic rings. The zero-order chi connectivity index (χ0) is 24.2. The number of carbonyl (C=O) groups is 2. The first-order valence-corrected chi connectivity index (χ1v) is 12.3. The first-order chi connectivity index (χ1) is 16.1. The van der Waals surface area contributed by atoms with Crippen LogP contribution < -0.4 is 0 Å². The van der Waals surface area contributed by atoms with E-state index in [4.69, 9.17) is 9.72 Å². The molecule has 0 bridgehead atoms. The Balaban J connectivity index is 1.35. The number of ether oxygens (including phenoxy) is 1. The summed E-state index contributed by atoms with van der Waals surface area (Å²) in [4.78, 5) is 33.2. The van der Waals surface area contributed by atoms with Crippen molar-refractivity contribution >= 4 is 39.1 Å². The van der Waals surface area contributed by atoms with Crippen LogP contribution in [0.5, 0.6) is 0 Å². The molecule has 0 aliphatic carbocycles. The van der Waals surface area contributed by atoms with Crippen LogP contribution in [0, 0.1) is 0 Å². The van der Waals surface area contributed by atoms with Crippen LogP contribution in [0.2, 0.25) is 0 Å². The van der Waals surface area contributed by atoms with E-state index in [1.807, 2.05) is 40.1 Å². The molecule has 5 rings (SSSR count). The van der Waals surface area contributed by atoms with Gasteiger partial charge in [0.2, 0.25) is 0 Å². The van der Waals surface area contributed by atoms with Crippen molar-refractivity contribution in [3.8, 4) is 10.4 Å². The molecule has 1 amide bonds. The van der Waals surface area contributed by atoms with Gasteiger partial charge in [0.05, 0.1) is 10.6 Å². The van der Waals surface area contributed by atoms with Crippen molar-refractivity contribution in [3.05, 3.63) is 42.0 Å². The van der Waals surface area contributed by atoms with Gasteiger partial charge in [0.25, 0.3) is 0 Å². The van der Waals surface area contributed by atoms with E-state index in [0.29, 0.717) is 24.6 Å². The van der Waals surface area contributed by atoms with Crippen LogP contribution >= 0.6 is 11.3 Å². The number of ketones is 1. The highest BCUT2D eigenvalue weighted by Crippen LogP contribution is 2.35. The molecule has 3 aromatic heterocycles. The van der Waals surface area contributed by atoms with Crippen molar-refractivity contribution in [2.45, 2.75) is 52.1 Å². The summed E-state index contributed by atoms with van der Waals surface area (Å²) in [6.45, 7) is 8.59. The molecule has 0 spiro atoms. The second-order valence-corrected chi connectivity index (χ2v) is 11.0. The molecular formula is C25H29N5O3S. The highest BCUT2D eigenvalue weighted by Gasteiger charge is 2.28. The van der Waals surface area contributed by atoms with Gasteiger partial charge >= 0.3 is 6.09 Å². The number of aromatic nitrogens is 4. The standard InChI is InChI=1S/C25H29N5O3S/c1-15(31)19-11-17(10-18-12-28(5)27-22(18)19)21-14-30-13-20(26-23(30)34-21)16-6-8-29(9-7-16)24(32)33-25(2,3)4/h10-14,16H,6-9H2,1-5H3. The van der Waals surface area contributed by atoms with Crippen molar-refractivity contribution < 1.29 is 14.3 Å². The molecule has 1 aliphatic heterocycles. The molecule has 1 saturated heterocycles. The summed E-state index contributed by atoms with van der Waals surface area (Å²) in [7, 11) is 1.86. The summed E-state index contributed by atoms with van der Waals surface area (Å²) < 4.78 is 9.31. The quantitative estimate of drug-likeness (QED) is 0.374. The average Bonchev–Trinajstić information content (AvgIpc) is 3.43. The van der Waals surface area contributed by atoms with E-state index in [-0.39, 0.29) is 11.9 Å². The zero-order valence-electron chi connectivity index (χ0n) is 20.2. The number of imidazole rings is 1. The molecule has 0 N–H and O–H groups in total. The van der Waals surface area contributed by atoms with E-state index in [0.717, 1.165) is 44.8 Å². The summed E-state index contributed by atoms with van der Waals surface area (Å²) in [5.41, 5.74) is 2.95. The Morgan fingerprint density at radius 1 is 1.12 bits per heavy atom. The smallest absolute Gasteiger partial charge is 0.410 e. The Labute approximate surface area is 202 Å². The highest BCUT2D eigenvalue weighted by atomic mass is 32.1. The fraction of sp³-hybridized carbons (Fsp3) is 0.440. The number of amides is 1. The molecule has 8 nitrogen and oxygen atoms in total. The average molecular weight is 480 g/mol. The number of hydrogen-bond acceptors (Lipinski definition) is 6. The summed E-state index contributed by atoms with van der Waals surface area (Å²) in [5.74, 6) is 0.331. The fourth-order valence-electron chi connectivity index (χ4n) is 4.49. The molecule has 0 radical (unpaired) electrons. The minimum absolute atomic E-state index is 0.00638. The second-order valence-electron chi connectivity index (χ2n) is 10.0. The van der Waals surface area contributed by atoms with Crippen molar-refractivity contribution in [3.63, 3.8) is 0 Å². The van der Waals surface area contributed by atoms with Gasteiger partial charge in [-0.15, -0.1) is 0 Å². The number of hydrogen-bond donors (Lipinski definition) is 0. The Bertz CT molecular complexity index is 1370. The van der Waals surface area contributed by atoms with Gasteiger partial charge in [0, 0.05) is 55.6 Å². The number of fused-ring (bicyclic) bond motifs is 2. The van der Waals surface area contributed by atoms with Crippen LogP contribution in [0.25, 0.3) is 26.3 Å². The SMILES string of the molecule is CC(=O)c1cc(-c2cn3cc(C4CCN(C(=O)OC(C)(C)C)CC4)nc3s2)cc2cn(C)nc12. The monoisotopic (exact) mass is 479 g/mol. The molecule has 1 fully saturated rings. The predicted molar refractivity (Wildman–Crippen MR) is 133 cm³/mol. The molecule has 178 valence electrons. The van der Waals surface area contributed by atoms with Gasteiger partial charge in [-0.1, -0.05) is 11.3 Å². The molecule has 1 aliphatic rings. The highest BCUT2D eigenvalue weighted by molar-refractivity contribution is 7.20. The van der Waals surface area contributed by atoms with E-state index >= 15 is 0 Å². The minimum Gasteiger partial charge on any atom is -0.444 e. The van der Waals surface area contributed by atoms with Gasteiger partial charge in [0.15, 0.2) is 10.7 Å². The van der Waals surface area contributed by atoms with E-state index in [2.05, 4.69) is 28.0 Å². The van der Waals surface area contributed by atoms with Gasteiger partial charge in [-0.05, 0) is 58.2 Å². The third-order valence-corrected chi connectivity index (χ3v) is 7.17. The van der Waals surface area contributed by atoms with Crippen LogP contribution in [0.15, 0.2) is 30.7 Å². The fourth-order valence-corrected chi connectivity index (χ4v) is 5.45. The van der Waals surface area contributed by atoms with Crippen molar-refractivity contribution in [2.24, 2.45) is 7.05 Å². The Kier molecular flexibility index (Phi) is 5.47. The maximum atomic E-state index is 12.3. The lowest BCUT2D eigenvalue weighted by atomic mass is 9.94. The number of benzene rings is 1. The minimum atomic E-state index is -0.480. The van der Waals surface area contributed by atoms with E-state index in [1.54, 1.807) is 27.8 Å². The summed E-state index contributed by atoms with van der Waals surface area (Å²) in [5, 5.41) is 5.40. The predicted octanol–water partition coefficient (Wildman–Crippen LogP) is 5.27. The van der Waals surface area contributed by atoms with Crippen LogP contribution in [0.1, 0.15) is 62.5 Å². The Morgan fingerprint density at radius 3 is 2.50 bits per heavy atom. The maximum Gasteiger partial charge on any atom is 0.410 e. The van der Waals surface area contributed by atoms with Crippen molar-refractivity contribution in [1.29, 1.82) is 0 Å². The third-order valence-electron chi connectivity index (χ3n) is 6.13. The van der Waals surface area contributed by atoms with Gasteiger partial charge < -0.3 is 9.64 Å². The molecule has 9 heteroatoms. The third kappa shape index (κ3) is 4.32. The van der Waals surface area contributed by atoms with E-state index in [1.165, 1.54) is 0 Å².